The molecule has 1 aromatic heterocycles. The van der Waals surface area contributed by atoms with Gasteiger partial charge in [-0.3, -0.25) is 0 Å². The third-order valence-corrected chi connectivity index (χ3v) is 6.13. The second kappa shape index (κ2) is 7.45. The molecular weight excluding hydrogens is 376 g/mol. The van der Waals surface area contributed by atoms with Gasteiger partial charge >= 0.3 is 0 Å². The van der Waals surface area contributed by atoms with Gasteiger partial charge in [0.25, 0.3) is 0 Å². The lowest BCUT2D eigenvalue weighted by Gasteiger charge is -2.18. The number of aryl methyl sites for hydroxylation is 1. The fraction of sp³-hybridized carbons (Fsp3) is 0.0667. The predicted molar refractivity (Wildman–Crippen MR) is 130 cm³/mol. The summed E-state index contributed by atoms with van der Waals surface area (Å²) < 4.78 is 6.45. The minimum Gasteiger partial charge on any atom is -0.460 e. The van der Waals surface area contributed by atoms with Crippen LogP contribution in [0, 0.1) is 0 Å². The van der Waals surface area contributed by atoms with E-state index in [1.807, 2.05) is 0 Å². The molecule has 1 nitrogen and oxygen atoms in total. The number of allylic oxidation sites excluding steroid dienone is 1. The Morgan fingerprint density at radius 1 is 0.613 bits per heavy atom. The molecular formula is C30H22O. The van der Waals surface area contributed by atoms with Gasteiger partial charge < -0.3 is 4.42 Å². The summed E-state index contributed by atoms with van der Waals surface area (Å²) in [5.74, 6) is 1.10. The molecule has 31 heavy (non-hydrogen) atoms. The summed E-state index contributed by atoms with van der Waals surface area (Å²) in [5.41, 5.74) is 9.54. The maximum atomic E-state index is 6.45. The predicted octanol–water partition coefficient (Wildman–Crippen LogP) is 8.39. The Morgan fingerprint density at radius 3 is 1.84 bits per heavy atom. The number of fused-ring (bicyclic) bond motifs is 3. The SMILES string of the molecule is C1=Cc2c(oc3cc(-c4ccccc4)c(-c4ccccc4)c(-c4ccccc4)c23)CC1. The van der Waals surface area contributed by atoms with Gasteiger partial charge in [0, 0.05) is 22.9 Å². The lowest BCUT2D eigenvalue weighted by Crippen LogP contribution is -1.94. The second-order valence-corrected chi connectivity index (χ2v) is 8.03. The van der Waals surface area contributed by atoms with Gasteiger partial charge in [0.1, 0.15) is 11.3 Å². The van der Waals surface area contributed by atoms with Crippen molar-refractivity contribution in [2.75, 3.05) is 0 Å². The van der Waals surface area contributed by atoms with Crippen molar-refractivity contribution in [2.24, 2.45) is 0 Å². The van der Waals surface area contributed by atoms with Crippen LogP contribution in [-0.2, 0) is 6.42 Å². The third-order valence-electron chi connectivity index (χ3n) is 6.13. The molecule has 1 heterocycles. The first-order chi connectivity index (χ1) is 15.4. The van der Waals surface area contributed by atoms with Crippen LogP contribution in [0.4, 0.5) is 0 Å². The summed E-state index contributed by atoms with van der Waals surface area (Å²) in [6, 6.07) is 34.4. The maximum Gasteiger partial charge on any atom is 0.136 e. The van der Waals surface area contributed by atoms with Gasteiger partial charge in [0.2, 0.25) is 0 Å². The maximum absolute atomic E-state index is 6.45. The smallest absolute Gasteiger partial charge is 0.136 e. The van der Waals surface area contributed by atoms with Gasteiger partial charge in [-0.2, -0.15) is 0 Å². The summed E-state index contributed by atoms with van der Waals surface area (Å²) in [5, 5.41) is 1.22. The molecule has 1 heteroatoms. The van der Waals surface area contributed by atoms with Gasteiger partial charge in [-0.05, 0) is 40.3 Å². The Labute approximate surface area is 182 Å². The minimum absolute atomic E-state index is 0.954. The van der Waals surface area contributed by atoms with Gasteiger partial charge in [0.15, 0.2) is 0 Å². The van der Waals surface area contributed by atoms with E-state index in [4.69, 9.17) is 4.42 Å². The van der Waals surface area contributed by atoms with Crippen molar-refractivity contribution in [3.8, 4) is 33.4 Å². The van der Waals surface area contributed by atoms with Crippen molar-refractivity contribution in [3.63, 3.8) is 0 Å². The highest BCUT2D eigenvalue weighted by atomic mass is 16.3. The Balaban J connectivity index is 1.82. The highest BCUT2D eigenvalue weighted by Crippen LogP contribution is 2.47. The molecule has 0 amide bonds. The van der Waals surface area contributed by atoms with Crippen LogP contribution in [0.3, 0.4) is 0 Å². The number of hydrogen-bond acceptors (Lipinski definition) is 1. The molecule has 0 radical (unpaired) electrons. The molecule has 4 aromatic carbocycles. The van der Waals surface area contributed by atoms with Crippen LogP contribution in [0.5, 0.6) is 0 Å². The van der Waals surface area contributed by atoms with Crippen LogP contribution in [0.2, 0.25) is 0 Å². The largest absolute Gasteiger partial charge is 0.460 e. The fourth-order valence-corrected chi connectivity index (χ4v) is 4.75. The average Bonchev–Trinajstić information content (AvgIpc) is 3.23. The molecule has 0 fully saturated rings. The zero-order chi connectivity index (χ0) is 20.6. The van der Waals surface area contributed by atoms with Crippen molar-refractivity contribution in [3.05, 3.63) is 114 Å². The van der Waals surface area contributed by atoms with E-state index in [1.165, 1.54) is 44.3 Å². The first kappa shape index (κ1) is 18.0. The Morgan fingerprint density at radius 2 is 1.19 bits per heavy atom. The lowest BCUT2D eigenvalue weighted by atomic mass is 9.84. The van der Waals surface area contributed by atoms with E-state index in [2.05, 4.69) is 109 Å². The van der Waals surface area contributed by atoms with Crippen LogP contribution >= 0.6 is 0 Å². The third kappa shape index (κ3) is 3.02. The highest BCUT2D eigenvalue weighted by Gasteiger charge is 2.24. The molecule has 0 atom stereocenters. The monoisotopic (exact) mass is 398 g/mol. The molecule has 0 bridgehead atoms. The summed E-state index contributed by atoms with van der Waals surface area (Å²) >= 11 is 0. The Kier molecular flexibility index (Phi) is 4.32. The van der Waals surface area contributed by atoms with E-state index < -0.39 is 0 Å². The topological polar surface area (TPSA) is 13.1 Å². The van der Waals surface area contributed by atoms with Crippen molar-refractivity contribution < 1.29 is 4.42 Å². The molecule has 1 aliphatic rings. The average molecular weight is 399 g/mol. The van der Waals surface area contributed by atoms with E-state index in [0.717, 1.165) is 24.2 Å². The summed E-state index contributed by atoms with van der Waals surface area (Å²) in [7, 11) is 0. The van der Waals surface area contributed by atoms with Crippen molar-refractivity contribution in [1.82, 2.24) is 0 Å². The molecule has 6 rings (SSSR count). The van der Waals surface area contributed by atoms with E-state index >= 15 is 0 Å². The van der Waals surface area contributed by atoms with Gasteiger partial charge in [-0.1, -0.05) is 103 Å². The number of rotatable bonds is 3. The standard InChI is InChI=1S/C30H22O/c1-4-12-21(13-5-1)25-20-27-30(24-18-10-11-19-26(24)31-27)29(23-16-8-3-9-17-23)28(25)22-14-6-2-7-15-22/h1-10,12-18,20H,11,19H2. The zero-order valence-corrected chi connectivity index (χ0v) is 17.2. The normalized spacial score (nSPS) is 12.8. The first-order valence-corrected chi connectivity index (χ1v) is 10.9. The molecule has 0 unspecified atom stereocenters. The molecule has 0 aliphatic heterocycles. The van der Waals surface area contributed by atoms with Crippen molar-refractivity contribution in [2.45, 2.75) is 12.8 Å². The fourth-order valence-electron chi connectivity index (χ4n) is 4.75. The molecule has 148 valence electrons. The number of benzene rings is 4. The van der Waals surface area contributed by atoms with E-state index in [9.17, 15) is 0 Å². The van der Waals surface area contributed by atoms with Crippen LogP contribution in [0.25, 0.3) is 50.4 Å². The lowest BCUT2D eigenvalue weighted by molar-refractivity contribution is 0.546. The van der Waals surface area contributed by atoms with E-state index in [0.29, 0.717) is 0 Å². The van der Waals surface area contributed by atoms with Crippen LogP contribution in [0.1, 0.15) is 17.7 Å². The number of furan rings is 1. The molecule has 0 N–H and O–H groups in total. The van der Waals surface area contributed by atoms with Crippen molar-refractivity contribution in [1.29, 1.82) is 0 Å². The van der Waals surface area contributed by atoms with Crippen LogP contribution < -0.4 is 0 Å². The quantitative estimate of drug-likeness (QED) is 0.297. The van der Waals surface area contributed by atoms with Gasteiger partial charge in [-0.25, -0.2) is 0 Å². The summed E-state index contributed by atoms with van der Waals surface area (Å²) in [4.78, 5) is 0. The Hall–Kier alpha value is -3.84. The van der Waals surface area contributed by atoms with E-state index in [-0.39, 0.29) is 0 Å². The summed E-state index contributed by atoms with van der Waals surface area (Å²) in [6.45, 7) is 0. The van der Waals surface area contributed by atoms with Crippen LogP contribution in [0.15, 0.2) is 108 Å². The summed E-state index contributed by atoms with van der Waals surface area (Å²) in [6.07, 6.45) is 6.49. The van der Waals surface area contributed by atoms with E-state index in [1.54, 1.807) is 0 Å². The number of hydrogen-bond donors (Lipinski definition) is 0. The Bertz CT molecular complexity index is 1390. The molecule has 0 saturated heterocycles. The van der Waals surface area contributed by atoms with Gasteiger partial charge in [-0.15, -0.1) is 0 Å². The zero-order valence-electron chi connectivity index (χ0n) is 17.2. The molecule has 0 spiro atoms. The molecule has 0 saturated carbocycles. The van der Waals surface area contributed by atoms with Crippen LogP contribution in [-0.4, -0.2) is 0 Å². The van der Waals surface area contributed by atoms with Crippen molar-refractivity contribution >= 4 is 17.0 Å². The second-order valence-electron chi connectivity index (χ2n) is 8.03. The molecule has 5 aromatic rings. The molecule has 1 aliphatic carbocycles. The minimum atomic E-state index is 0.954. The highest BCUT2D eigenvalue weighted by molar-refractivity contribution is 6.11. The first-order valence-electron chi connectivity index (χ1n) is 10.9. The van der Waals surface area contributed by atoms with Gasteiger partial charge in [0.05, 0.1) is 0 Å².